The van der Waals surface area contributed by atoms with Gasteiger partial charge in [-0.3, -0.25) is 4.21 Å². The molecule has 2 amide bonds. The van der Waals surface area contributed by atoms with Gasteiger partial charge in [0.05, 0.1) is 11.3 Å². The van der Waals surface area contributed by atoms with Gasteiger partial charge in [-0.25, -0.2) is 9.18 Å². The standard InChI is InChI=1S/C14H18FN3O2S/c1-14(2,3)21(20)7-6-17-13(19)18-12-5-4-11(15)8-10(12)9-16/h4-5,8H,6-7H2,1-3H3,(H2,17,18,19)/t21-/m1/s1. The molecule has 0 saturated carbocycles. The fourth-order valence-electron chi connectivity index (χ4n) is 1.45. The highest BCUT2D eigenvalue weighted by molar-refractivity contribution is 7.86. The third kappa shape index (κ3) is 5.52. The molecule has 0 aliphatic heterocycles. The van der Waals surface area contributed by atoms with E-state index in [4.69, 9.17) is 5.26 Å². The Morgan fingerprint density at radius 1 is 1.43 bits per heavy atom. The molecule has 0 radical (unpaired) electrons. The first-order chi connectivity index (χ1) is 9.74. The summed E-state index contributed by atoms with van der Waals surface area (Å²) in [7, 11) is -1.05. The fraction of sp³-hybridized carbons (Fsp3) is 0.429. The summed E-state index contributed by atoms with van der Waals surface area (Å²) in [5.74, 6) is -0.205. The smallest absolute Gasteiger partial charge is 0.319 e. The number of halogens is 1. The van der Waals surface area contributed by atoms with E-state index in [0.717, 1.165) is 12.1 Å². The van der Waals surface area contributed by atoms with E-state index in [0.29, 0.717) is 5.75 Å². The van der Waals surface area contributed by atoms with Crippen molar-refractivity contribution in [1.29, 1.82) is 5.26 Å². The Morgan fingerprint density at radius 3 is 2.67 bits per heavy atom. The lowest BCUT2D eigenvalue weighted by Crippen LogP contribution is -2.35. The fourth-order valence-corrected chi connectivity index (χ4v) is 2.35. The quantitative estimate of drug-likeness (QED) is 0.895. The molecule has 0 unspecified atom stereocenters. The summed E-state index contributed by atoms with van der Waals surface area (Å²) in [6.07, 6.45) is 0. The monoisotopic (exact) mass is 311 g/mol. The minimum Gasteiger partial charge on any atom is -0.337 e. The van der Waals surface area contributed by atoms with Gasteiger partial charge in [-0.1, -0.05) is 0 Å². The second-order valence-corrected chi connectivity index (χ2v) is 7.67. The van der Waals surface area contributed by atoms with Crippen LogP contribution in [0.1, 0.15) is 26.3 Å². The average Bonchev–Trinajstić information content (AvgIpc) is 2.39. The van der Waals surface area contributed by atoms with Crippen LogP contribution in [0.2, 0.25) is 0 Å². The molecule has 7 heteroatoms. The van der Waals surface area contributed by atoms with Crippen molar-refractivity contribution < 1.29 is 13.4 Å². The molecule has 5 nitrogen and oxygen atoms in total. The molecule has 1 rings (SSSR count). The number of carbonyl (C=O) groups excluding carboxylic acids is 1. The number of amides is 2. The molecule has 0 aromatic heterocycles. The van der Waals surface area contributed by atoms with Gasteiger partial charge in [0.2, 0.25) is 0 Å². The maximum Gasteiger partial charge on any atom is 0.319 e. The SMILES string of the molecule is CC(C)(C)[S@](=O)CCNC(=O)Nc1ccc(F)cc1C#N. The van der Waals surface area contributed by atoms with Crippen molar-refractivity contribution in [3.05, 3.63) is 29.6 Å². The zero-order chi connectivity index (χ0) is 16.0. The number of benzene rings is 1. The Balaban J connectivity index is 2.52. The van der Waals surface area contributed by atoms with E-state index < -0.39 is 22.6 Å². The minimum atomic E-state index is -1.05. The maximum absolute atomic E-state index is 13.0. The van der Waals surface area contributed by atoms with Crippen LogP contribution < -0.4 is 10.6 Å². The molecule has 2 N–H and O–H groups in total. The van der Waals surface area contributed by atoms with Gasteiger partial charge in [0.15, 0.2) is 0 Å². The van der Waals surface area contributed by atoms with Gasteiger partial charge in [0.25, 0.3) is 0 Å². The summed E-state index contributed by atoms with van der Waals surface area (Å²) in [5, 5.41) is 13.9. The van der Waals surface area contributed by atoms with Crippen LogP contribution in [0.5, 0.6) is 0 Å². The van der Waals surface area contributed by atoms with E-state index in [-0.39, 0.29) is 22.5 Å². The van der Waals surface area contributed by atoms with E-state index in [9.17, 15) is 13.4 Å². The molecule has 0 aliphatic rings. The van der Waals surface area contributed by atoms with Gasteiger partial charge in [-0.15, -0.1) is 0 Å². The lowest BCUT2D eigenvalue weighted by atomic mass is 10.2. The predicted octanol–water partition coefficient (Wildman–Crippen LogP) is 2.37. The zero-order valence-electron chi connectivity index (χ0n) is 12.2. The molecule has 0 aliphatic carbocycles. The van der Waals surface area contributed by atoms with Gasteiger partial charge in [-0.2, -0.15) is 5.26 Å². The Morgan fingerprint density at radius 2 is 2.10 bits per heavy atom. The third-order valence-corrected chi connectivity index (χ3v) is 4.55. The molecule has 1 aromatic rings. The van der Waals surface area contributed by atoms with Crippen LogP contribution in [0.15, 0.2) is 18.2 Å². The van der Waals surface area contributed by atoms with E-state index in [1.54, 1.807) is 6.07 Å². The summed E-state index contributed by atoms with van der Waals surface area (Å²) >= 11 is 0. The van der Waals surface area contributed by atoms with Crippen molar-refractivity contribution in [1.82, 2.24) is 5.32 Å². The van der Waals surface area contributed by atoms with Crippen molar-refractivity contribution >= 4 is 22.5 Å². The topological polar surface area (TPSA) is 82.0 Å². The van der Waals surface area contributed by atoms with Crippen LogP contribution in [0.4, 0.5) is 14.9 Å². The van der Waals surface area contributed by atoms with Crippen molar-refractivity contribution in [2.24, 2.45) is 0 Å². The first kappa shape index (κ1) is 17.1. The molecule has 0 bridgehead atoms. The van der Waals surface area contributed by atoms with Crippen molar-refractivity contribution in [3.63, 3.8) is 0 Å². The van der Waals surface area contributed by atoms with Gasteiger partial charge < -0.3 is 10.6 Å². The normalized spacial score (nSPS) is 12.3. The number of hydrogen-bond acceptors (Lipinski definition) is 3. The van der Waals surface area contributed by atoms with Crippen LogP contribution in [-0.2, 0) is 10.8 Å². The Labute approximate surface area is 126 Å². The number of carbonyl (C=O) groups is 1. The van der Waals surface area contributed by atoms with Crippen LogP contribution in [0.3, 0.4) is 0 Å². The first-order valence-corrected chi connectivity index (χ1v) is 7.69. The number of nitriles is 1. The maximum atomic E-state index is 13.0. The van der Waals surface area contributed by atoms with E-state index in [1.165, 1.54) is 6.07 Å². The Hall–Kier alpha value is -1.94. The van der Waals surface area contributed by atoms with E-state index in [2.05, 4.69) is 10.6 Å². The molecule has 1 atom stereocenters. The summed E-state index contributed by atoms with van der Waals surface area (Å²) in [6.45, 7) is 5.83. The van der Waals surface area contributed by atoms with Crippen molar-refractivity contribution in [2.75, 3.05) is 17.6 Å². The van der Waals surface area contributed by atoms with Crippen molar-refractivity contribution in [3.8, 4) is 6.07 Å². The predicted molar refractivity (Wildman–Crippen MR) is 80.9 cm³/mol. The molecular formula is C14H18FN3O2S. The van der Waals surface area contributed by atoms with Crippen LogP contribution >= 0.6 is 0 Å². The molecule has 21 heavy (non-hydrogen) atoms. The summed E-state index contributed by atoms with van der Waals surface area (Å²) < 4.78 is 24.4. The first-order valence-electron chi connectivity index (χ1n) is 6.37. The van der Waals surface area contributed by atoms with Gasteiger partial charge >= 0.3 is 6.03 Å². The molecular weight excluding hydrogens is 293 g/mol. The van der Waals surface area contributed by atoms with Gasteiger partial charge in [-0.05, 0) is 39.0 Å². The van der Waals surface area contributed by atoms with Gasteiger partial charge in [0, 0.05) is 27.8 Å². The highest BCUT2D eigenvalue weighted by Crippen LogP contribution is 2.15. The molecule has 0 saturated heterocycles. The zero-order valence-corrected chi connectivity index (χ0v) is 13.0. The highest BCUT2D eigenvalue weighted by Gasteiger charge is 2.18. The number of anilines is 1. The third-order valence-electron chi connectivity index (χ3n) is 2.61. The number of hydrogen-bond donors (Lipinski definition) is 2. The van der Waals surface area contributed by atoms with Crippen molar-refractivity contribution in [2.45, 2.75) is 25.5 Å². The summed E-state index contributed by atoms with van der Waals surface area (Å²) in [6, 6.07) is 4.80. The number of nitrogens with one attached hydrogen (secondary N) is 2. The minimum absolute atomic E-state index is 0.0448. The molecule has 0 heterocycles. The van der Waals surface area contributed by atoms with E-state index in [1.807, 2.05) is 20.8 Å². The van der Waals surface area contributed by atoms with Crippen LogP contribution in [-0.4, -0.2) is 27.3 Å². The molecule has 1 aromatic carbocycles. The second-order valence-electron chi connectivity index (χ2n) is 5.34. The number of nitrogens with zero attached hydrogens (tertiary/aromatic N) is 1. The number of rotatable bonds is 4. The summed E-state index contributed by atoms with van der Waals surface area (Å²) in [5.41, 5.74) is 0.275. The lowest BCUT2D eigenvalue weighted by molar-refractivity contribution is 0.252. The second kappa shape index (κ2) is 7.18. The average molecular weight is 311 g/mol. The lowest BCUT2D eigenvalue weighted by Gasteiger charge is -2.17. The molecule has 114 valence electrons. The highest BCUT2D eigenvalue weighted by atomic mass is 32.2. The van der Waals surface area contributed by atoms with Crippen LogP contribution in [0, 0.1) is 17.1 Å². The molecule has 0 fully saturated rings. The summed E-state index contributed by atoms with van der Waals surface area (Å²) in [4.78, 5) is 11.7. The Kier molecular flexibility index (Phi) is 5.85. The van der Waals surface area contributed by atoms with Crippen LogP contribution in [0.25, 0.3) is 0 Å². The number of urea groups is 1. The Bertz CT molecular complexity index is 591. The van der Waals surface area contributed by atoms with Gasteiger partial charge in [0.1, 0.15) is 11.9 Å². The largest absolute Gasteiger partial charge is 0.337 e. The van der Waals surface area contributed by atoms with E-state index >= 15 is 0 Å². The molecule has 0 spiro atoms.